The number of anilines is 2. The number of hydrogen-bond donors (Lipinski definition) is 2. The first kappa shape index (κ1) is 21.2. The zero-order valence-electron chi connectivity index (χ0n) is 17.3. The normalized spacial score (nSPS) is 10.5. The van der Waals surface area contributed by atoms with E-state index in [1.54, 1.807) is 32.5 Å². The summed E-state index contributed by atoms with van der Waals surface area (Å²) in [7, 11) is 3.26. The summed E-state index contributed by atoms with van der Waals surface area (Å²) >= 11 is 0. The van der Waals surface area contributed by atoms with E-state index in [-0.39, 0.29) is 0 Å². The molecule has 3 rings (SSSR count). The fraction of sp³-hybridized carbons (Fsp3) is 0.273. The summed E-state index contributed by atoms with van der Waals surface area (Å²) < 4.78 is 18.0. The highest BCUT2D eigenvalue weighted by molar-refractivity contribution is 5.99. The summed E-state index contributed by atoms with van der Waals surface area (Å²) in [5.74, 6) is 1.76. The Morgan fingerprint density at radius 3 is 2.70 bits per heavy atom. The summed E-state index contributed by atoms with van der Waals surface area (Å²) in [5, 5.41) is 5.63. The predicted molar refractivity (Wildman–Crippen MR) is 116 cm³/mol. The largest absolute Gasteiger partial charge is 0.497 e. The van der Waals surface area contributed by atoms with Crippen LogP contribution in [0.15, 0.2) is 54.7 Å². The van der Waals surface area contributed by atoms with Crippen molar-refractivity contribution in [1.82, 2.24) is 9.55 Å². The van der Waals surface area contributed by atoms with Crippen LogP contribution < -0.4 is 20.1 Å². The zero-order valence-corrected chi connectivity index (χ0v) is 17.3. The number of hydrogen-bond acceptors (Lipinski definition) is 5. The van der Waals surface area contributed by atoms with Crippen molar-refractivity contribution in [3.8, 4) is 22.8 Å². The van der Waals surface area contributed by atoms with Crippen molar-refractivity contribution in [3.05, 3.63) is 54.7 Å². The molecule has 0 bridgehead atoms. The Morgan fingerprint density at radius 1 is 1.10 bits per heavy atom. The molecule has 0 aliphatic rings. The summed E-state index contributed by atoms with van der Waals surface area (Å²) in [4.78, 5) is 17.0. The number of benzene rings is 2. The SMILES string of the molecule is CCOc1ccccc1NC(=O)Nc1ncc(-c2cccc(OC)c2)n1CCOC. The predicted octanol–water partition coefficient (Wildman–Crippen LogP) is 4.25. The Kier molecular flexibility index (Phi) is 7.29. The number of ether oxygens (including phenoxy) is 3. The number of rotatable bonds is 9. The molecule has 2 N–H and O–H groups in total. The highest BCUT2D eigenvalue weighted by atomic mass is 16.5. The first-order chi connectivity index (χ1) is 14.7. The molecule has 0 spiro atoms. The average molecular weight is 410 g/mol. The Bertz CT molecular complexity index is 987. The van der Waals surface area contributed by atoms with E-state index in [4.69, 9.17) is 14.2 Å². The molecule has 0 atom stereocenters. The van der Waals surface area contributed by atoms with Gasteiger partial charge in [0.1, 0.15) is 11.5 Å². The van der Waals surface area contributed by atoms with Gasteiger partial charge >= 0.3 is 6.03 Å². The third-order valence-electron chi connectivity index (χ3n) is 4.40. The van der Waals surface area contributed by atoms with Crippen LogP contribution in [-0.4, -0.2) is 43.0 Å². The molecule has 8 heteroatoms. The summed E-state index contributed by atoms with van der Waals surface area (Å²) in [6.45, 7) is 3.39. The first-order valence-electron chi connectivity index (χ1n) is 9.65. The molecule has 1 aromatic heterocycles. The smallest absolute Gasteiger partial charge is 0.326 e. The van der Waals surface area contributed by atoms with Crippen molar-refractivity contribution in [2.75, 3.05) is 38.1 Å². The molecule has 2 aromatic carbocycles. The fourth-order valence-electron chi connectivity index (χ4n) is 3.00. The van der Waals surface area contributed by atoms with Crippen molar-refractivity contribution < 1.29 is 19.0 Å². The number of amides is 2. The lowest BCUT2D eigenvalue weighted by atomic mass is 10.1. The third-order valence-corrected chi connectivity index (χ3v) is 4.40. The number of carbonyl (C=O) groups is 1. The van der Waals surface area contributed by atoms with E-state index in [0.29, 0.717) is 37.1 Å². The monoisotopic (exact) mass is 410 g/mol. The van der Waals surface area contributed by atoms with Gasteiger partial charge < -0.3 is 24.1 Å². The number of nitrogens with one attached hydrogen (secondary N) is 2. The Labute approximate surface area is 175 Å². The molecular formula is C22H26N4O4. The van der Waals surface area contributed by atoms with Crippen molar-refractivity contribution in [2.45, 2.75) is 13.5 Å². The molecule has 1 heterocycles. The molecule has 0 radical (unpaired) electrons. The third kappa shape index (κ3) is 5.09. The maximum Gasteiger partial charge on any atom is 0.326 e. The molecular weight excluding hydrogens is 384 g/mol. The summed E-state index contributed by atoms with van der Waals surface area (Å²) in [6.07, 6.45) is 1.72. The van der Waals surface area contributed by atoms with E-state index in [1.165, 1.54) is 0 Å². The van der Waals surface area contributed by atoms with Gasteiger partial charge in [-0.15, -0.1) is 0 Å². The number of imidazole rings is 1. The molecule has 0 unspecified atom stereocenters. The number of aromatic nitrogens is 2. The minimum atomic E-state index is -0.413. The van der Waals surface area contributed by atoms with E-state index in [0.717, 1.165) is 17.0 Å². The van der Waals surface area contributed by atoms with Crippen LogP contribution in [0.5, 0.6) is 11.5 Å². The van der Waals surface area contributed by atoms with Crippen LogP contribution in [0.3, 0.4) is 0 Å². The van der Waals surface area contributed by atoms with Gasteiger partial charge in [0.05, 0.1) is 37.9 Å². The molecule has 30 heavy (non-hydrogen) atoms. The van der Waals surface area contributed by atoms with E-state index in [9.17, 15) is 4.79 Å². The van der Waals surface area contributed by atoms with Gasteiger partial charge in [0, 0.05) is 19.2 Å². The Morgan fingerprint density at radius 2 is 1.93 bits per heavy atom. The average Bonchev–Trinajstić information content (AvgIpc) is 3.16. The molecule has 0 saturated carbocycles. The van der Waals surface area contributed by atoms with Crippen molar-refractivity contribution in [2.24, 2.45) is 0 Å². The standard InChI is InChI=1S/C22H26N4O4/c1-4-30-20-11-6-5-10-18(20)24-22(27)25-21-23-15-19(26(21)12-13-28-2)16-8-7-9-17(14-16)29-3/h5-11,14-15H,4,12-13H2,1-3H3,(H2,23,24,25,27). The van der Waals surface area contributed by atoms with E-state index in [2.05, 4.69) is 15.6 Å². The van der Waals surface area contributed by atoms with Gasteiger partial charge in [0.15, 0.2) is 0 Å². The summed E-state index contributed by atoms with van der Waals surface area (Å²) in [6, 6.07) is 14.5. The number of carbonyl (C=O) groups excluding carboxylic acids is 1. The van der Waals surface area contributed by atoms with E-state index >= 15 is 0 Å². The van der Waals surface area contributed by atoms with Crippen LogP contribution in [0.2, 0.25) is 0 Å². The lowest BCUT2D eigenvalue weighted by molar-refractivity contribution is 0.188. The second-order valence-corrected chi connectivity index (χ2v) is 6.35. The highest BCUT2D eigenvalue weighted by Gasteiger charge is 2.15. The van der Waals surface area contributed by atoms with Crippen LogP contribution in [0.25, 0.3) is 11.3 Å². The topological polar surface area (TPSA) is 86.6 Å². The van der Waals surface area contributed by atoms with Crippen LogP contribution in [-0.2, 0) is 11.3 Å². The minimum Gasteiger partial charge on any atom is -0.497 e. The first-order valence-corrected chi connectivity index (χ1v) is 9.65. The summed E-state index contributed by atoms with van der Waals surface area (Å²) in [5.41, 5.74) is 2.35. The van der Waals surface area contributed by atoms with E-state index in [1.807, 2.05) is 47.9 Å². The lowest BCUT2D eigenvalue weighted by Crippen LogP contribution is -2.23. The molecule has 2 amide bonds. The molecule has 0 fully saturated rings. The van der Waals surface area contributed by atoms with E-state index < -0.39 is 6.03 Å². The van der Waals surface area contributed by atoms with Crippen molar-refractivity contribution in [3.63, 3.8) is 0 Å². The number of methoxy groups -OCH3 is 2. The number of urea groups is 1. The number of para-hydroxylation sites is 2. The second-order valence-electron chi connectivity index (χ2n) is 6.35. The maximum absolute atomic E-state index is 12.6. The van der Waals surface area contributed by atoms with Crippen LogP contribution >= 0.6 is 0 Å². The minimum absolute atomic E-state index is 0.413. The highest BCUT2D eigenvalue weighted by Crippen LogP contribution is 2.27. The quantitative estimate of drug-likeness (QED) is 0.551. The van der Waals surface area contributed by atoms with Gasteiger partial charge in [-0.25, -0.2) is 9.78 Å². The Balaban J connectivity index is 1.83. The molecule has 3 aromatic rings. The molecule has 8 nitrogen and oxygen atoms in total. The lowest BCUT2D eigenvalue weighted by Gasteiger charge is -2.14. The van der Waals surface area contributed by atoms with Gasteiger partial charge in [-0.3, -0.25) is 5.32 Å². The molecule has 0 aliphatic heterocycles. The van der Waals surface area contributed by atoms with Crippen LogP contribution in [0, 0.1) is 0 Å². The van der Waals surface area contributed by atoms with Crippen molar-refractivity contribution >= 4 is 17.7 Å². The van der Waals surface area contributed by atoms with Crippen LogP contribution in [0.1, 0.15) is 6.92 Å². The maximum atomic E-state index is 12.6. The number of nitrogens with zero attached hydrogens (tertiary/aromatic N) is 2. The molecule has 0 aliphatic carbocycles. The molecule has 158 valence electrons. The van der Waals surface area contributed by atoms with Gasteiger partial charge in [0.25, 0.3) is 0 Å². The van der Waals surface area contributed by atoms with Gasteiger partial charge in [-0.05, 0) is 31.2 Å². The zero-order chi connectivity index (χ0) is 21.3. The van der Waals surface area contributed by atoms with Gasteiger partial charge in [0.2, 0.25) is 5.95 Å². The second kappa shape index (κ2) is 10.3. The fourth-order valence-corrected chi connectivity index (χ4v) is 3.00. The van der Waals surface area contributed by atoms with Crippen LogP contribution in [0.4, 0.5) is 16.4 Å². The Hall–Kier alpha value is -3.52. The van der Waals surface area contributed by atoms with Crippen molar-refractivity contribution in [1.29, 1.82) is 0 Å². The van der Waals surface area contributed by atoms with Gasteiger partial charge in [-0.2, -0.15) is 0 Å². The van der Waals surface area contributed by atoms with Gasteiger partial charge in [-0.1, -0.05) is 24.3 Å². The molecule has 0 saturated heterocycles.